The Bertz CT molecular complexity index is 843. The standard InChI is InChI=1S/C20H20N2O3S2/c23-20(21-10-15-5-6-18-19(9-15)25-14-24-18)13-22(11-16-3-1-7-26-16)12-17-4-2-8-27-17/h1-9H,10-14H2,(H,21,23). The van der Waals surface area contributed by atoms with Crippen molar-refractivity contribution in [2.75, 3.05) is 13.3 Å². The van der Waals surface area contributed by atoms with Crippen molar-refractivity contribution >= 4 is 28.6 Å². The van der Waals surface area contributed by atoms with Crippen LogP contribution in [-0.4, -0.2) is 24.1 Å². The van der Waals surface area contributed by atoms with E-state index in [0.717, 1.165) is 30.2 Å². The van der Waals surface area contributed by atoms with E-state index in [2.05, 4.69) is 33.1 Å². The lowest BCUT2D eigenvalue weighted by Crippen LogP contribution is -2.36. The number of ether oxygens (including phenoxy) is 2. The van der Waals surface area contributed by atoms with Gasteiger partial charge in [0.05, 0.1) is 6.54 Å². The van der Waals surface area contributed by atoms with Crippen molar-refractivity contribution in [3.63, 3.8) is 0 Å². The minimum absolute atomic E-state index is 0.0146. The second kappa shape index (κ2) is 8.56. The Kier molecular flexibility index (Phi) is 5.72. The molecule has 0 radical (unpaired) electrons. The van der Waals surface area contributed by atoms with Crippen molar-refractivity contribution in [1.29, 1.82) is 0 Å². The van der Waals surface area contributed by atoms with Crippen molar-refractivity contribution < 1.29 is 14.3 Å². The molecule has 3 heterocycles. The van der Waals surface area contributed by atoms with Crippen LogP contribution in [0.4, 0.5) is 0 Å². The molecule has 5 nitrogen and oxygen atoms in total. The largest absolute Gasteiger partial charge is 0.454 e. The zero-order chi connectivity index (χ0) is 18.5. The van der Waals surface area contributed by atoms with Crippen LogP contribution in [0.15, 0.2) is 53.2 Å². The van der Waals surface area contributed by atoms with E-state index < -0.39 is 0 Å². The molecule has 3 aromatic rings. The third-order valence-corrected chi connectivity index (χ3v) is 5.94. The molecule has 140 valence electrons. The fourth-order valence-electron chi connectivity index (χ4n) is 2.92. The first-order chi connectivity index (χ1) is 13.3. The number of hydrogen-bond donors (Lipinski definition) is 1. The van der Waals surface area contributed by atoms with Crippen molar-refractivity contribution in [1.82, 2.24) is 10.2 Å². The molecule has 4 rings (SSSR count). The molecule has 0 atom stereocenters. The minimum Gasteiger partial charge on any atom is -0.454 e. The Morgan fingerprint density at radius 1 is 1.00 bits per heavy atom. The average Bonchev–Trinajstić information content (AvgIpc) is 3.42. The summed E-state index contributed by atoms with van der Waals surface area (Å²) in [5, 5.41) is 7.15. The lowest BCUT2D eigenvalue weighted by atomic mass is 10.2. The van der Waals surface area contributed by atoms with Gasteiger partial charge in [-0.3, -0.25) is 9.69 Å². The van der Waals surface area contributed by atoms with Crippen LogP contribution in [0.3, 0.4) is 0 Å². The van der Waals surface area contributed by atoms with Crippen LogP contribution in [0.1, 0.15) is 15.3 Å². The average molecular weight is 401 g/mol. The second-order valence-corrected chi connectivity index (χ2v) is 8.33. The highest BCUT2D eigenvalue weighted by Gasteiger charge is 2.15. The van der Waals surface area contributed by atoms with Crippen molar-refractivity contribution in [3.05, 3.63) is 68.5 Å². The zero-order valence-corrected chi connectivity index (χ0v) is 16.4. The van der Waals surface area contributed by atoms with Crippen LogP contribution < -0.4 is 14.8 Å². The summed E-state index contributed by atoms with van der Waals surface area (Å²) in [5.74, 6) is 1.50. The SMILES string of the molecule is O=C(CN(Cc1cccs1)Cc1cccs1)NCc1ccc2c(c1)OCO2. The van der Waals surface area contributed by atoms with Crippen molar-refractivity contribution in [2.24, 2.45) is 0 Å². The summed E-state index contributed by atoms with van der Waals surface area (Å²) in [4.78, 5) is 17.2. The Labute approximate surface area is 166 Å². The Morgan fingerprint density at radius 2 is 1.70 bits per heavy atom. The summed E-state index contributed by atoms with van der Waals surface area (Å²) in [6.45, 7) is 2.63. The quantitative estimate of drug-likeness (QED) is 0.624. The van der Waals surface area contributed by atoms with Gasteiger partial charge in [0, 0.05) is 29.4 Å². The second-order valence-electron chi connectivity index (χ2n) is 6.27. The minimum atomic E-state index is 0.0146. The van der Waals surface area contributed by atoms with Crippen LogP contribution >= 0.6 is 22.7 Å². The van der Waals surface area contributed by atoms with Gasteiger partial charge in [-0.15, -0.1) is 22.7 Å². The molecule has 1 aliphatic heterocycles. The molecule has 0 aliphatic carbocycles. The zero-order valence-electron chi connectivity index (χ0n) is 14.7. The molecular weight excluding hydrogens is 380 g/mol. The maximum absolute atomic E-state index is 12.5. The molecule has 0 spiro atoms. The van der Waals surface area contributed by atoms with Gasteiger partial charge in [-0.1, -0.05) is 18.2 Å². The van der Waals surface area contributed by atoms with Gasteiger partial charge in [-0.2, -0.15) is 0 Å². The first-order valence-electron chi connectivity index (χ1n) is 8.68. The van der Waals surface area contributed by atoms with Crippen LogP contribution in [0.25, 0.3) is 0 Å². The summed E-state index contributed by atoms with van der Waals surface area (Å²) in [7, 11) is 0. The van der Waals surface area contributed by atoms with E-state index in [1.54, 1.807) is 22.7 Å². The molecule has 1 aromatic carbocycles. The van der Waals surface area contributed by atoms with Gasteiger partial charge in [0.25, 0.3) is 0 Å². The first kappa shape index (κ1) is 18.0. The number of nitrogens with one attached hydrogen (secondary N) is 1. The summed E-state index contributed by atoms with van der Waals surface area (Å²) in [6, 6.07) is 14.0. The highest BCUT2D eigenvalue weighted by molar-refractivity contribution is 7.10. The Hall–Kier alpha value is -2.35. The fraction of sp³-hybridized carbons (Fsp3) is 0.250. The number of rotatable bonds is 8. The number of hydrogen-bond acceptors (Lipinski definition) is 6. The van der Waals surface area contributed by atoms with Gasteiger partial charge < -0.3 is 14.8 Å². The number of fused-ring (bicyclic) bond motifs is 1. The lowest BCUT2D eigenvalue weighted by Gasteiger charge is -2.20. The third kappa shape index (κ3) is 4.88. The molecule has 0 unspecified atom stereocenters. The molecule has 0 saturated heterocycles. The fourth-order valence-corrected chi connectivity index (χ4v) is 4.42. The van der Waals surface area contributed by atoms with E-state index in [-0.39, 0.29) is 12.7 Å². The van der Waals surface area contributed by atoms with E-state index >= 15 is 0 Å². The maximum atomic E-state index is 12.5. The Morgan fingerprint density at radius 3 is 2.37 bits per heavy atom. The van der Waals surface area contributed by atoms with Gasteiger partial charge in [0.2, 0.25) is 12.7 Å². The van der Waals surface area contributed by atoms with E-state index in [4.69, 9.17) is 9.47 Å². The molecule has 27 heavy (non-hydrogen) atoms. The molecular formula is C20H20N2O3S2. The highest BCUT2D eigenvalue weighted by atomic mass is 32.1. The predicted molar refractivity (Wildman–Crippen MR) is 107 cm³/mol. The molecule has 1 aliphatic rings. The number of carbonyl (C=O) groups is 1. The van der Waals surface area contributed by atoms with Gasteiger partial charge in [-0.05, 0) is 40.6 Å². The first-order valence-corrected chi connectivity index (χ1v) is 10.4. The molecule has 0 saturated carbocycles. The number of nitrogens with zero attached hydrogens (tertiary/aromatic N) is 1. The number of amides is 1. The monoisotopic (exact) mass is 400 g/mol. The summed E-state index contributed by atoms with van der Waals surface area (Å²) in [6.07, 6.45) is 0. The highest BCUT2D eigenvalue weighted by Crippen LogP contribution is 2.32. The van der Waals surface area contributed by atoms with Crippen LogP contribution in [-0.2, 0) is 24.4 Å². The molecule has 1 N–H and O–H groups in total. The van der Waals surface area contributed by atoms with Gasteiger partial charge in [-0.25, -0.2) is 0 Å². The topological polar surface area (TPSA) is 50.8 Å². The summed E-state index contributed by atoms with van der Waals surface area (Å²) in [5.41, 5.74) is 0.996. The van der Waals surface area contributed by atoms with Crippen LogP contribution in [0.2, 0.25) is 0 Å². The van der Waals surface area contributed by atoms with E-state index in [1.807, 2.05) is 30.3 Å². The maximum Gasteiger partial charge on any atom is 0.234 e. The predicted octanol–water partition coefficient (Wildman–Crippen LogP) is 3.86. The Balaban J connectivity index is 1.34. The van der Waals surface area contributed by atoms with Crippen molar-refractivity contribution in [2.45, 2.75) is 19.6 Å². The summed E-state index contributed by atoms with van der Waals surface area (Å²) >= 11 is 3.43. The molecule has 2 aromatic heterocycles. The molecule has 7 heteroatoms. The van der Waals surface area contributed by atoms with Gasteiger partial charge in [0.15, 0.2) is 11.5 Å². The number of carbonyl (C=O) groups excluding carboxylic acids is 1. The van der Waals surface area contributed by atoms with Gasteiger partial charge in [0.1, 0.15) is 0 Å². The smallest absolute Gasteiger partial charge is 0.234 e. The van der Waals surface area contributed by atoms with E-state index in [1.165, 1.54) is 9.75 Å². The lowest BCUT2D eigenvalue weighted by molar-refractivity contribution is -0.122. The normalized spacial score (nSPS) is 12.5. The van der Waals surface area contributed by atoms with Gasteiger partial charge >= 0.3 is 0 Å². The molecule has 0 fully saturated rings. The van der Waals surface area contributed by atoms with Crippen molar-refractivity contribution in [3.8, 4) is 11.5 Å². The third-order valence-electron chi connectivity index (χ3n) is 4.21. The van der Waals surface area contributed by atoms with E-state index in [0.29, 0.717) is 13.1 Å². The van der Waals surface area contributed by atoms with E-state index in [9.17, 15) is 4.79 Å². The summed E-state index contributed by atoms with van der Waals surface area (Å²) < 4.78 is 10.7. The number of benzene rings is 1. The molecule has 0 bridgehead atoms. The molecule has 1 amide bonds. The van der Waals surface area contributed by atoms with Crippen LogP contribution in [0, 0.1) is 0 Å². The van der Waals surface area contributed by atoms with Crippen LogP contribution in [0.5, 0.6) is 11.5 Å². The number of thiophene rings is 2.